The van der Waals surface area contributed by atoms with E-state index >= 15 is 0 Å². The van der Waals surface area contributed by atoms with E-state index in [0.717, 1.165) is 36.4 Å². The average molecular weight is 391 g/mol. The predicted octanol–water partition coefficient (Wildman–Crippen LogP) is 4.69. The highest BCUT2D eigenvalue weighted by atomic mass is 32.2. The molecule has 4 rings (SSSR count). The summed E-state index contributed by atoms with van der Waals surface area (Å²) < 4.78 is 5.67. The molecule has 1 amide bonds. The summed E-state index contributed by atoms with van der Waals surface area (Å²) in [5, 5.41) is 3.21. The van der Waals surface area contributed by atoms with Crippen LogP contribution in [0, 0.1) is 0 Å². The van der Waals surface area contributed by atoms with Crippen molar-refractivity contribution >= 4 is 51.9 Å². The van der Waals surface area contributed by atoms with Crippen LogP contribution in [0.3, 0.4) is 0 Å². The van der Waals surface area contributed by atoms with Gasteiger partial charge in [-0.3, -0.25) is 4.79 Å². The van der Waals surface area contributed by atoms with Gasteiger partial charge in [-0.15, -0.1) is 11.3 Å². The zero-order chi connectivity index (χ0) is 17.1. The van der Waals surface area contributed by atoms with E-state index in [-0.39, 0.29) is 5.91 Å². The minimum atomic E-state index is 0.166. The predicted molar refractivity (Wildman–Crippen MR) is 105 cm³/mol. The third kappa shape index (κ3) is 4.04. The molecule has 1 unspecified atom stereocenters. The Hall–Kier alpha value is -1.44. The number of para-hydroxylation sites is 2. The molecule has 7 heteroatoms. The second-order valence-electron chi connectivity index (χ2n) is 5.78. The third-order valence-electron chi connectivity index (χ3n) is 4.15. The van der Waals surface area contributed by atoms with Gasteiger partial charge < -0.3 is 9.32 Å². The van der Waals surface area contributed by atoms with Crippen molar-refractivity contribution in [2.45, 2.75) is 16.9 Å². The second-order valence-corrected chi connectivity index (χ2v) is 9.00. The SMILES string of the molecule is O=C(CSc1nc2ccccc2o1)N1CCSC(c2cccs2)CC1. The Morgan fingerprint density at radius 2 is 2.20 bits per heavy atom. The minimum Gasteiger partial charge on any atom is -0.431 e. The number of fused-ring (bicyclic) bond motifs is 1. The maximum Gasteiger partial charge on any atom is 0.257 e. The summed E-state index contributed by atoms with van der Waals surface area (Å²) in [5.74, 6) is 1.53. The van der Waals surface area contributed by atoms with Crippen molar-refractivity contribution in [3.05, 3.63) is 46.7 Å². The molecule has 3 aromatic rings. The topological polar surface area (TPSA) is 46.3 Å². The lowest BCUT2D eigenvalue weighted by molar-refractivity contribution is -0.128. The summed E-state index contributed by atoms with van der Waals surface area (Å²) in [6.45, 7) is 1.64. The van der Waals surface area contributed by atoms with Crippen molar-refractivity contribution < 1.29 is 9.21 Å². The number of hydrogen-bond acceptors (Lipinski definition) is 6. The monoisotopic (exact) mass is 390 g/mol. The molecule has 0 radical (unpaired) electrons. The van der Waals surface area contributed by atoms with Crippen molar-refractivity contribution in [3.8, 4) is 0 Å². The Labute approximate surface area is 159 Å². The molecule has 1 atom stereocenters. The van der Waals surface area contributed by atoms with Gasteiger partial charge in [-0.05, 0) is 30.0 Å². The van der Waals surface area contributed by atoms with Crippen LogP contribution in [0.1, 0.15) is 16.5 Å². The molecular formula is C18H18N2O2S3. The molecule has 130 valence electrons. The Morgan fingerprint density at radius 3 is 3.04 bits per heavy atom. The molecule has 1 aliphatic heterocycles. The number of nitrogens with zero attached hydrogens (tertiary/aromatic N) is 2. The largest absolute Gasteiger partial charge is 0.431 e. The van der Waals surface area contributed by atoms with E-state index in [9.17, 15) is 4.79 Å². The van der Waals surface area contributed by atoms with Gasteiger partial charge in [0.1, 0.15) is 5.52 Å². The van der Waals surface area contributed by atoms with Gasteiger partial charge in [0.15, 0.2) is 5.58 Å². The van der Waals surface area contributed by atoms with Crippen LogP contribution in [0.2, 0.25) is 0 Å². The van der Waals surface area contributed by atoms with Gasteiger partial charge in [0.25, 0.3) is 5.22 Å². The van der Waals surface area contributed by atoms with Crippen LogP contribution in [0.25, 0.3) is 11.1 Å². The summed E-state index contributed by atoms with van der Waals surface area (Å²) in [4.78, 5) is 20.4. The number of amides is 1. The number of rotatable bonds is 4. The highest BCUT2D eigenvalue weighted by molar-refractivity contribution is 8.00. The molecule has 1 aliphatic rings. The average Bonchev–Trinajstić information content (AvgIpc) is 3.24. The van der Waals surface area contributed by atoms with Crippen LogP contribution >= 0.6 is 34.9 Å². The number of thioether (sulfide) groups is 2. The number of thiophene rings is 1. The first kappa shape index (κ1) is 17.0. The van der Waals surface area contributed by atoms with Crippen molar-refractivity contribution in [1.82, 2.24) is 9.88 Å². The maximum atomic E-state index is 12.6. The molecule has 3 heterocycles. The highest BCUT2D eigenvalue weighted by Crippen LogP contribution is 2.36. The second kappa shape index (κ2) is 7.85. The zero-order valence-electron chi connectivity index (χ0n) is 13.6. The lowest BCUT2D eigenvalue weighted by Crippen LogP contribution is -2.34. The summed E-state index contributed by atoms with van der Waals surface area (Å²) in [7, 11) is 0. The fourth-order valence-corrected chi connectivity index (χ4v) is 5.83. The molecule has 1 aromatic carbocycles. The Morgan fingerprint density at radius 1 is 1.28 bits per heavy atom. The van der Waals surface area contributed by atoms with Gasteiger partial charge in [0.05, 0.1) is 5.75 Å². The van der Waals surface area contributed by atoms with E-state index < -0.39 is 0 Å². The summed E-state index contributed by atoms with van der Waals surface area (Å²) in [5.41, 5.74) is 1.60. The van der Waals surface area contributed by atoms with Gasteiger partial charge in [-0.1, -0.05) is 30.0 Å². The molecule has 1 saturated heterocycles. The van der Waals surface area contributed by atoms with Gasteiger partial charge in [0.2, 0.25) is 5.91 Å². The lowest BCUT2D eigenvalue weighted by Gasteiger charge is -2.19. The van der Waals surface area contributed by atoms with E-state index in [0.29, 0.717) is 16.2 Å². The van der Waals surface area contributed by atoms with E-state index in [1.807, 2.05) is 52.3 Å². The standard InChI is InChI=1S/C18H18N2O2S3/c21-17(12-25-18-19-13-4-1-2-5-14(13)22-18)20-8-7-16(24-11-9-20)15-6-3-10-23-15/h1-6,10,16H,7-9,11-12H2. The summed E-state index contributed by atoms with van der Waals surface area (Å²) in [6, 6.07) is 12.0. The quantitative estimate of drug-likeness (QED) is 0.605. The minimum absolute atomic E-state index is 0.166. The molecular weight excluding hydrogens is 372 g/mol. The Bertz CT molecular complexity index is 814. The fourth-order valence-electron chi connectivity index (χ4n) is 2.85. The lowest BCUT2D eigenvalue weighted by atomic mass is 10.2. The first-order valence-electron chi connectivity index (χ1n) is 8.21. The molecule has 0 saturated carbocycles. The van der Waals surface area contributed by atoms with E-state index in [1.54, 1.807) is 0 Å². The number of carbonyl (C=O) groups is 1. The number of hydrogen-bond donors (Lipinski definition) is 0. The summed E-state index contributed by atoms with van der Waals surface area (Å²) >= 11 is 5.15. The number of oxazole rings is 1. The normalized spacial score (nSPS) is 18.4. The maximum absolute atomic E-state index is 12.6. The number of benzene rings is 1. The fraction of sp³-hybridized carbons (Fsp3) is 0.333. The Kier molecular flexibility index (Phi) is 5.33. The van der Waals surface area contributed by atoms with Crippen molar-refractivity contribution in [2.24, 2.45) is 0 Å². The van der Waals surface area contributed by atoms with Crippen LogP contribution in [0.15, 0.2) is 51.4 Å². The third-order valence-corrected chi connectivity index (χ3v) is 7.41. The number of carbonyl (C=O) groups excluding carboxylic acids is 1. The molecule has 0 N–H and O–H groups in total. The molecule has 4 nitrogen and oxygen atoms in total. The van der Waals surface area contributed by atoms with Crippen LogP contribution in [-0.4, -0.2) is 40.4 Å². The Balaban J connectivity index is 1.33. The van der Waals surface area contributed by atoms with Crippen molar-refractivity contribution in [3.63, 3.8) is 0 Å². The van der Waals surface area contributed by atoms with Gasteiger partial charge >= 0.3 is 0 Å². The first-order valence-corrected chi connectivity index (χ1v) is 11.1. The van der Waals surface area contributed by atoms with Crippen molar-refractivity contribution in [1.29, 1.82) is 0 Å². The van der Waals surface area contributed by atoms with Crippen LogP contribution in [0.4, 0.5) is 0 Å². The van der Waals surface area contributed by atoms with E-state index in [4.69, 9.17) is 4.42 Å². The smallest absolute Gasteiger partial charge is 0.257 e. The van der Waals surface area contributed by atoms with Crippen LogP contribution in [0.5, 0.6) is 0 Å². The van der Waals surface area contributed by atoms with Gasteiger partial charge in [0, 0.05) is 29.0 Å². The van der Waals surface area contributed by atoms with Crippen LogP contribution < -0.4 is 0 Å². The van der Waals surface area contributed by atoms with Gasteiger partial charge in [-0.2, -0.15) is 11.8 Å². The molecule has 25 heavy (non-hydrogen) atoms. The molecule has 0 spiro atoms. The van der Waals surface area contributed by atoms with E-state index in [2.05, 4.69) is 22.5 Å². The van der Waals surface area contributed by atoms with Crippen LogP contribution in [-0.2, 0) is 4.79 Å². The highest BCUT2D eigenvalue weighted by Gasteiger charge is 2.23. The first-order chi connectivity index (χ1) is 12.3. The molecule has 2 aromatic heterocycles. The molecule has 0 bridgehead atoms. The molecule has 1 fully saturated rings. The number of aromatic nitrogens is 1. The van der Waals surface area contributed by atoms with Gasteiger partial charge in [-0.25, -0.2) is 4.98 Å². The summed E-state index contributed by atoms with van der Waals surface area (Å²) in [6.07, 6.45) is 1.02. The zero-order valence-corrected chi connectivity index (χ0v) is 16.0. The van der Waals surface area contributed by atoms with Crippen molar-refractivity contribution in [2.75, 3.05) is 24.6 Å². The van der Waals surface area contributed by atoms with E-state index in [1.165, 1.54) is 16.6 Å². The molecule has 0 aliphatic carbocycles.